The van der Waals surface area contributed by atoms with E-state index < -0.39 is 27.2 Å². The first-order valence-corrected chi connectivity index (χ1v) is 13.2. The first-order chi connectivity index (χ1) is 16.7. The molecule has 184 valence electrons. The van der Waals surface area contributed by atoms with Crippen molar-refractivity contribution in [1.29, 1.82) is 0 Å². The maximum Gasteiger partial charge on any atom is 0.239 e. The summed E-state index contributed by atoms with van der Waals surface area (Å²) in [6.45, 7) is 5.15. The van der Waals surface area contributed by atoms with Gasteiger partial charge in [0.25, 0.3) is 0 Å². The fourth-order valence-corrected chi connectivity index (χ4v) is 5.17. The second-order valence-electron chi connectivity index (χ2n) is 7.69. The van der Waals surface area contributed by atoms with Gasteiger partial charge in [0.2, 0.25) is 21.9 Å². The molecular weight excluding hydrogens is 514 g/mol. The van der Waals surface area contributed by atoms with E-state index in [1.165, 1.54) is 31.0 Å². The average Bonchev–Trinajstić information content (AvgIpc) is 3.53. The number of pyridine rings is 1. The summed E-state index contributed by atoms with van der Waals surface area (Å²) in [6.07, 6.45) is 2.86. The van der Waals surface area contributed by atoms with Crippen LogP contribution in [0.5, 0.6) is 5.88 Å². The van der Waals surface area contributed by atoms with Gasteiger partial charge in [0, 0.05) is 29.8 Å². The largest absolute Gasteiger partial charge is 0.481 e. The van der Waals surface area contributed by atoms with Crippen LogP contribution in [0.15, 0.2) is 36.0 Å². The molecule has 0 spiro atoms. The number of anilines is 1. The molecule has 12 nitrogen and oxygen atoms in total. The lowest BCUT2D eigenvalue weighted by atomic mass is 10.1. The van der Waals surface area contributed by atoms with Gasteiger partial charge in [-0.3, -0.25) is 9.29 Å². The summed E-state index contributed by atoms with van der Waals surface area (Å²) in [5, 5.41) is 13.7. The molecule has 0 aliphatic rings. The standard InChI is InChI=1S/C20H22ClN9O3S2/c1-11(18-22-8-14(21)9-23-18)13(3)35(31,32)28-20-27-26-19(15-6-5-7-17(24-15)33-4)30(20)12(2)16-10-34-29-25-16/h5-13H,1-4H3,(H,27,28)/t11?,12-,13?/m0/s1. The van der Waals surface area contributed by atoms with Crippen molar-refractivity contribution in [1.82, 2.24) is 39.3 Å². The van der Waals surface area contributed by atoms with E-state index in [0.717, 1.165) is 0 Å². The SMILES string of the molecule is COc1cccc(-c2nnc(NS(=O)(=O)C(C)C(C)c3ncc(Cl)cn3)n2[C@@H](C)c2csnn2)n1. The van der Waals surface area contributed by atoms with E-state index in [1.54, 1.807) is 42.0 Å². The molecule has 0 aliphatic carbocycles. The van der Waals surface area contributed by atoms with Crippen molar-refractivity contribution in [3.8, 4) is 17.4 Å². The predicted octanol–water partition coefficient (Wildman–Crippen LogP) is 3.19. The van der Waals surface area contributed by atoms with Crippen LogP contribution in [0, 0.1) is 0 Å². The van der Waals surface area contributed by atoms with Gasteiger partial charge >= 0.3 is 0 Å². The van der Waals surface area contributed by atoms with Gasteiger partial charge in [0.15, 0.2) is 5.82 Å². The molecule has 0 aliphatic heterocycles. The minimum Gasteiger partial charge on any atom is -0.481 e. The summed E-state index contributed by atoms with van der Waals surface area (Å²) in [7, 11) is -2.44. The molecule has 4 aromatic rings. The molecule has 0 fully saturated rings. The molecule has 0 aromatic carbocycles. The van der Waals surface area contributed by atoms with Gasteiger partial charge in [-0.25, -0.2) is 23.4 Å². The minimum atomic E-state index is -3.94. The van der Waals surface area contributed by atoms with Crippen molar-refractivity contribution in [2.45, 2.75) is 38.0 Å². The van der Waals surface area contributed by atoms with Crippen molar-refractivity contribution in [3.63, 3.8) is 0 Å². The molecule has 15 heteroatoms. The normalized spacial score (nSPS) is 14.3. The lowest BCUT2D eigenvalue weighted by Gasteiger charge is -2.21. The summed E-state index contributed by atoms with van der Waals surface area (Å²) < 4.78 is 40.1. The average molecular weight is 536 g/mol. The molecule has 0 amide bonds. The van der Waals surface area contributed by atoms with Crippen LogP contribution in [-0.4, -0.2) is 60.1 Å². The predicted molar refractivity (Wildman–Crippen MR) is 131 cm³/mol. The highest BCUT2D eigenvalue weighted by atomic mass is 35.5. The number of hydrogen-bond acceptors (Lipinski definition) is 11. The van der Waals surface area contributed by atoms with E-state index in [0.29, 0.717) is 33.9 Å². The highest BCUT2D eigenvalue weighted by Gasteiger charge is 2.32. The van der Waals surface area contributed by atoms with Crippen LogP contribution >= 0.6 is 23.1 Å². The van der Waals surface area contributed by atoms with Crippen LogP contribution in [0.2, 0.25) is 5.02 Å². The molecule has 1 N–H and O–H groups in total. The number of sulfonamides is 1. The van der Waals surface area contributed by atoms with E-state index in [2.05, 4.69) is 39.5 Å². The number of rotatable bonds is 9. The third-order valence-electron chi connectivity index (χ3n) is 5.52. The van der Waals surface area contributed by atoms with E-state index in [9.17, 15) is 8.42 Å². The summed E-state index contributed by atoms with van der Waals surface area (Å²) in [6, 6.07) is 4.74. The summed E-state index contributed by atoms with van der Waals surface area (Å²) in [4.78, 5) is 12.7. The molecule has 35 heavy (non-hydrogen) atoms. The molecule has 4 rings (SSSR count). The van der Waals surface area contributed by atoms with Gasteiger partial charge in [0.1, 0.15) is 11.5 Å². The van der Waals surface area contributed by atoms with E-state index in [4.69, 9.17) is 16.3 Å². The van der Waals surface area contributed by atoms with Gasteiger partial charge in [-0.1, -0.05) is 29.1 Å². The Morgan fingerprint density at radius 3 is 2.51 bits per heavy atom. The number of nitrogens with zero attached hydrogens (tertiary/aromatic N) is 8. The molecule has 2 unspecified atom stereocenters. The lowest BCUT2D eigenvalue weighted by Crippen LogP contribution is -2.32. The summed E-state index contributed by atoms with van der Waals surface area (Å²) in [5.41, 5.74) is 1.07. The Balaban J connectivity index is 1.72. The number of hydrogen-bond donors (Lipinski definition) is 1. The van der Waals surface area contributed by atoms with Crippen molar-refractivity contribution in [2.75, 3.05) is 11.8 Å². The van der Waals surface area contributed by atoms with Crippen LogP contribution in [0.1, 0.15) is 44.2 Å². The van der Waals surface area contributed by atoms with Crippen LogP contribution in [-0.2, 0) is 10.0 Å². The van der Waals surface area contributed by atoms with Gasteiger partial charge < -0.3 is 4.74 Å². The Bertz CT molecular complexity index is 1400. The van der Waals surface area contributed by atoms with Crippen molar-refractivity contribution >= 4 is 39.1 Å². The van der Waals surface area contributed by atoms with E-state index >= 15 is 0 Å². The van der Waals surface area contributed by atoms with E-state index in [1.807, 2.05) is 6.92 Å². The Labute approximate surface area is 211 Å². The molecule has 0 saturated heterocycles. The molecule has 0 saturated carbocycles. The molecule has 0 bridgehead atoms. The molecule has 4 heterocycles. The fourth-order valence-electron chi connectivity index (χ4n) is 3.30. The quantitative estimate of drug-likeness (QED) is 0.338. The van der Waals surface area contributed by atoms with Gasteiger partial charge in [0.05, 0.1) is 29.1 Å². The van der Waals surface area contributed by atoms with Crippen molar-refractivity contribution < 1.29 is 13.2 Å². The Morgan fingerprint density at radius 1 is 1.11 bits per heavy atom. The number of ether oxygens (including phenoxy) is 1. The zero-order chi connectivity index (χ0) is 25.2. The Kier molecular flexibility index (Phi) is 7.23. The zero-order valence-electron chi connectivity index (χ0n) is 19.2. The smallest absolute Gasteiger partial charge is 0.239 e. The zero-order valence-corrected chi connectivity index (χ0v) is 21.6. The highest BCUT2D eigenvalue weighted by molar-refractivity contribution is 7.93. The topological polar surface area (TPSA) is 151 Å². The second-order valence-corrected chi connectivity index (χ2v) is 10.8. The summed E-state index contributed by atoms with van der Waals surface area (Å²) >= 11 is 7.05. The fraction of sp³-hybridized carbons (Fsp3) is 0.350. The van der Waals surface area contributed by atoms with Crippen LogP contribution < -0.4 is 9.46 Å². The minimum absolute atomic E-state index is 0.0150. The molecule has 0 radical (unpaired) electrons. The number of halogens is 1. The lowest BCUT2D eigenvalue weighted by molar-refractivity contribution is 0.398. The monoisotopic (exact) mass is 535 g/mol. The third kappa shape index (κ3) is 5.23. The maximum atomic E-state index is 13.4. The van der Waals surface area contributed by atoms with Gasteiger partial charge in [-0.05, 0) is 31.4 Å². The summed E-state index contributed by atoms with van der Waals surface area (Å²) in [5.74, 6) is 0.565. The number of aromatic nitrogens is 8. The van der Waals surface area contributed by atoms with Gasteiger partial charge in [-0.15, -0.1) is 15.3 Å². The first kappa shape index (κ1) is 24.9. The van der Waals surface area contributed by atoms with Crippen LogP contribution in [0.4, 0.5) is 5.95 Å². The Morgan fingerprint density at radius 2 is 1.86 bits per heavy atom. The maximum absolute atomic E-state index is 13.4. The molecular formula is C20H22ClN9O3S2. The first-order valence-electron chi connectivity index (χ1n) is 10.4. The number of nitrogens with one attached hydrogen (secondary N) is 1. The Hall–Kier alpha value is -3.23. The van der Waals surface area contributed by atoms with Crippen LogP contribution in [0.25, 0.3) is 11.5 Å². The van der Waals surface area contributed by atoms with Crippen LogP contribution in [0.3, 0.4) is 0 Å². The molecule has 4 aromatic heterocycles. The highest BCUT2D eigenvalue weighted by Crippen LogP contribution is 2.30. The van der Waals surface area contributed by atoms with Crippen molar-refractivity contribution in [2.24, 2.45) is 0 Å². The number of methoxy groups -OCH3 is 1. The van der Waals surface area contributed by atoms with Crippen molar-refractivity contribution in [3.05, 3.63) is 52.5 Å². The van der Waals surface area contributed by atoms with E-state index in [-0.39, 0.29) is 5.95 Å². The van der Waals surface area contributed by atoms with Gasteiger partial charge in [-0.2, -0.15) is 0 Å². The molecule has 3 atom stereocenters. The second kappa shape index (κ2) is 10.2. The third-order valence-corrected chi connectivity index (χ3v) is 8.10.